The molecule has 0 saturated heterocycles. The van der Waals surface area contributed by atoms with Crippen LogP contribution in [0.1, 0.15) is 17.3 Å². The van der Waals surface area contributed by atoms with Crippen LogP contribution in [0.15, 0.2) is 18.3 Å². The van der Waals surface area contributed by atoms with Crippen LogP contribution in [0, 0.1) is 0 Å². The summed E-state index contributed by atoms with van der Waals surface area (Å²) in [5.74, 6) is -7.57. The number of Topliss-reactive ketones (excluding diaryl/α,β-unsaturated/α-hetero) is 1. The molecule has 0 aromatic carbocycles. The Hall–Kier alpha value is -2.05. The Bertz CT molecular complexity index is 445. The normalized spacial score (nSPS) is 10.9. The SMILES string of the molecule is CCOC(=O)C(F)(F)C(=O)c1ccc(OC)nc1. The third-order valence-corrected chi connectivity index (χ3v) is 2.02. The Labute approximate surface area is 102 Å². The largest absolute Gasteiger partial charge is 0.481 e. The molecule has 0 aliphatic carbocycles. The molecule has 1 heterocycles. The van der Waals surface area contributed by atoms with Crippen molar-refractivity contribution < 1.29 is 27.8 Å². The van der Waals surface area contributed by atoms with Crippen LogP contribution in [-0.4, -0.2) is 36.4 Å². The zero-order valence-electron chi connectivity index (χ0n) is 9.78. The number of ether oxygens (including phenoxy) is 2. The molecular formula is C11H11F2NO4. The highest BCUT2D eigenvalue weighted by Gasteiger charge is 2.49. The molecule has 5 nitrogen and oxygen atoms in total. The van der Waals surface area contributed by atoms with Crippen LogP contribution in [0.25, 0.3) is 0 Å². The van der Waals surface area contributed by atoms with E-state index < -0.39 is 23.2 Å². The van der Waals surface area contributed by atoms with Crippen LogP contribution in [0.5, 0.6) is 5.88 Å². The number of aromatic nitrogens is 1. The van der Waals surface area contributed by atoms with Crippen molar-refractivity contribution >= 4 is 11.8 Å². The van der Waals surface area contributed by atoms with Crippen molar-refractivity contribution in [2.45, 2.75) is 12.8 Å². The molecular weight excluding hydrogens is 248 g/mol. The Morgan fingerprint density at radius 1 is 1.39 bits per heavy atom. The van der Waals surface area contributed by atoms with Crippen molar-refractivity contribution in [2.24, 2.45) is 0 Å². The van der Waals surface area contributed by atoms with E-state index in [0.29, 0.717) is 0 Å². The molecule has 18 heavy (non-hydrogen) atoms. The van der Waals surface area contributed by atoms with Gasteiger partial charge >= 0.3 is 11.9 Å². The average Bonchev–Trinajstić information content (AvgIpc) is 2.38. The molecule has 0 N–H and O–H groups in total. The number of halogens is 2. The highest BCUT2D eigenvalue weighted by Crippen LogP contribution is 2.22. The lowest BCUT2D eigenvalue weighted by Gasteiger charge is -2.13. The van der Waals surface area contributed by atoms with Crippen LogP contribution in [0.3, 0.4) is 0 Å². The van der Waals surface area contributed by atoms with Gasteiger partial charge in [0.05, 0.1) is 13.7 Å². The highest BCUT2D eigenvalue weighted by molar-refractivity contribution is 6.13. The minimum absolute atomic E-state index is 0.172. The molecule has 0 spiro atoms. The van der Waals surface area contributed by atoms with E-state index in [9.17, 15) is 18.4 Å². The first kappa shape index (κ1) is 14.0. The van der Waals surface area contributed by atoms with E-state index in [1.54, 1.807) is 0 Å². The van der Waals surface area contributed by atoms with Crippen LogP contribution in [0.4, 0.5) is 8.78 Å². The van der Waals surface area contributed by atoms with E-state index in [1.165, 1.54) is 20.1 Å². The second kappa shape index (κ2) is 5.52. The zero-order valence-corrected chi connectivity index (χ0v) is 9.78. The first-order valence-corrected chi connectivity index (χ1v) is 5.03. The molecule has 0 aliphatic heterocycles. The first-order valence-electron chi connectivity index (χ1n) is 5.03. The molecule has 98 valence electrons. The summed E-state index contributed by atoms with van der Waals surface area (Å²) in [6.07, 6.45) is 0.911. The van der Waals surface area contributed by atoms with Gasteiger partial charge in [-0.3, -0.25) is 4.79 Å². The minimum Gasteiger partial charge on any atom is -0.481 e. The fraction of sp³-hybridized carbons (Fsp3) is 0.364. The molecule has 0 unspecified atom stereocenters. The van der Waals surface area contributed by atoms with Crippen molar-refractivity contribution in [3.05, 3.63) is 23.9 Å². The second-order valence-electron chi connectivity index (χ2n) is 3.21. The molecule has 7 heteroatoms. The van der Waals surface area contributed by atoms with Gasteiger partial charge in [-0.2, -0.15) is 8.78 Å². The van der Waals surface area contributed by atoms with Gasteiger partial charge in [0, 0.05) is 17.8 Å². The maximum atomic E-state index is 13.4. The average molecular weight is 259 g/mol. The topological polar surface area (TPSA) is 65.5 Å². The number of pyridine rings is 1. The summed E-state index contributed by atoms with van der Waals surface area (Å²) in [7, 11) is 1.34. The van der Waals surface area contributed by atoms with E-state index in [0.717, 1.165) is 12.3 Å². The molecule has 0 bridgehead atoms. The van der Waals surface area contributed by atoms with E-state index in [-0.39, 0.29) is 12.5 Å². The number of rotatable bonds is 5. The van der Waals surface area contributed by atoms with E-state index in [4.69, 9.17) is 4.74 Å². The molecule has 0 atom stereocenters. The lowest BCUT2D eigenvalue weighted by Crippen LogP contribution is -2.39. The monoisotopic (exact) mass is 259 g/mol. The summed E-state index contributed by atoms with van der Waals surface area (Å²) >= 11 is 0. The van der Waals surface area contributed by atoms with Gasteiger partial charge in [0.2, 0.25) is 11.7 Å². The van der Waals surface area contributed by atoms with Gasteiger partial charge in [0.1, 0.15) is 0 Å². The maximum absolute atomic E-state index is 13.4. The number of alkyl halides is 2. The van der Waals surface area contributed by atoms with Gasteiger partial charge in [0.25, 0.3) is 0 Å². The van der Waals surface area contributed by atoms with E-state index in [2.05, 4.69) is 9.72 Å². The molecule has 1 rings (SSSR count). The number of nitrogens with zero attached hydrogens (tertiary/aromatic N) is 1. The Kier molecular flexibility index (Phi) is 4.30. The second-order valence-corrected chi connectivity index (χ2v) is 3.21. The smallest absolute Gasteiger partial charge is 0.404 e. The van der Waals surface area contributed by atoms with Crippen LogP contribution in [0.2, 0.25) is 0 Å². The fourth-order valence-corrected chi connectivity index (χ4v) is 1.13. The summed E-state index contributed by atoms with van der Waals surface area (Å²) in [4.78, 5) is 26.0. The van der Waals surface area contributed by atoms with Gasteiger partial charge in [0.15, 0.2) is 0 Å². The minimum atomic E-state index is -4.22. The highest BCUT2D eigenvalue weighted by atomic mass is 19.3. The Morgan fingerprint density at radius 3 is 2.50 bits per heavy atom. The standard InChI is InChI=1S/C11H11F2NO4/c1-3-18-10(16)11(12,13)9(15)7-4-5-8(17-2)14-6-7/h4-6H,3H2,1-2H3. The van der Waals surface area contributed by atoms with Crippen molar-refractivity contribution in [3.8, 4) is 5.88 Å². The zero-order chi connectivity index (χ0) is 13.8. The number of hydrogen-bond donors (Lipinski definition) is 0. The van der Waals surface area contributed by atoms with Crippen molar-refractivity contribution in [3.63, 3.8) is 0 Å². The summed E-state index contributed by atoms with van der Waals surface area (Å²) in [5.41, 5.74) is -0.395. The van der Waals surface area contributed by atoms with Gasteiger partial charge in [-0.05, 0) is 13.0 Å². The summed E-state index contributed by atoms with van der Waals surface area (Å²) in [6.45, 7) is 1.13. The maximum Gasteiger partial charge on any atom is 0.404 e. The van der Waals surface area contributed by atoms with E-state index >= 15 is 0 Å². The third kappa shape index (κ3) is 2.79. The third-order valence-electron chi connectivity index (χ3n) is 2.02. The van der Waals surface area contributed by atoms with Gasteiger partial charge in [-0.25, -0.2) is 9.78 Å². The van der Waals surface area contributed by atoms with Crippen molar-refractivity contribution in [1.82, 2.24) is 4.98 Å². The number of methoxy groups -OCH3 is 1. The molecule has 0 radical (unpaired) electrons. The predicted molar refractivity (Wildman–Crippen MR) is 56.7 cm³/mol. The van der Waals surface area contributed by atoms with Crippen molar-refractivity contribution in [2.75, 3.05) is 13.7 Å². The Balaban J connectivity index is 2.94. The lowest BCUT2D eigenvalue weighted by atomic mass is 10.1. The van der Waals surface area contributed by atoms with Crippen LogP contribution < -0.4 is 4.74 Å². The number of hydrogen-bond acceptors (Lipinski definition) is 5. The molecule has 0 saturated carbocycles. The fourth-order valence-electron chi connectivity index (χ4n) is 1.13. The number of ketones is 1. The lowest BCUT2D eigenvalue weighted by molar-refractivity contribution is -0.164. The summed E-state index contributed by atoms with van der Waals surface area (Å²) in [5, 5.41) is 0. The molecule has 1 aromatic rings. The predicted octanol–water partition coefficient (Wildman–Crippen LogP) is 1.47. The molecule has 1 aromatic heterocycles. The number of carbonyl (C=O) groups is 2. The quantitative estimate of drug-likeness (QED) is 0.455. The van der Waals surface area contributed by atoms with E-state index in [1.807, 2.05) is 0 Å². The summed E-state index contributed by atoms with van der Waals surface area (Å²) < 4.78 is 35.6. The van der Waals surface area contributed by atoms with Crippen LogP contribution >= 0.6 is 0 Å². The van der Waals surface area contributed by atoms with Gasteiger partial charge < -0.3 is 9.47 Å². The van der Waals surface area contributed by atoms with Gasteiger partial charge in [-0.15, -0.1) is 0 Å². The molecule has 0 aliphatic rings. The van der Waals surface area contributed by atoms with Gasteiger partial charge in [-0.1, -0.05) is 0 Å². The number of carbonyl (C=O) groups excluding carboxylic acids is 2. The van der Waals surface area contributed by atoms with Crippen LogP contribution in [-0.2, 0) is 9.53 Å². The first-order chi connectivity index (χ1) is 8.43. The number of esters is 1. The molecule has 0 amide bonds. The Morgan fingerprint density at radius 2 is 2.06 bits per heavy atom. The summed E-state index contributed by atoms with van der Waals surface area (Å²) in [6, 6.07) is 2.34. The van der Waals surface area contributed by atoms with Crippen molar-refractivity contribution in [1.29, 1.82) is 0 Å². The molecule has 0 fully saturated rings.